The van der Waals surface area contributed by atoms with Crippen LogP contribution in [-0.2, 0) is 23.9 Å². The van der Waals surface area contributed by atoms with Crippen LogP contribution in [-0.4, -0.2) is 53.5 Å². The number of hydrogen-bond acceptors (Lipinski definition) is 3. The van der Waals surface area contributed by atoms with E-state index in [1.165, 1.54) is 24.1 Å². The fourth-order valence-corrected chi connectivity index (χ4v) is 4.63. The summed E-state index contributed by atoms with van der Waals surface area (Å²) >= 11 is 0. The average Bonchev–Trinajstić information content (AvgIpc) is 3.38. The second-order valence-electron chi connectivity index (χ2n) is 9.67. The zero-order valence-electron chi connectivity index (χ0n) is 23.0. The molecule has 0 radical (unpaired) electrons. The minimum atomic E-state index is -4.45. The number of carbonyl (C=O) groups excluding carboxylic acids is 2. The number of fused-ring (bicyclic) bond motifs is 1. The molecule has 10 heteroatoms. The minimum Gasteiger partial charge on any atom is -0.495 e. The van der Waals surface area contributed by atoms with Crippen LogP contribution < -0.4 is 10.1 Å². The summed E-state index contributed by atoms with van der Waals surface area (Å²) in [7, 11) is 1.51. The van der Waals surface area contributed by atoms with Gasteiger partial charge in [0.25, 0.3) is 0 Å². The lowest BCUT2D eigenvalue weighted by Crippen LogP contribution is -2.45. The van der Waals surface area contributed by atoms with Gasteiger partial charge in [0.2, 0.25) is 5.91 Å². The molecule has 0 bridgehead atoms. The number of carbonyl (C=O) groups is 2. The molecule has 4 aromatic rings. The first kappa shape index (κ1) is 29.5. The highest BCUT2D eigenvalue weighted by Crippen LogP contribution is 2.29. The predicted molar refractivity (Wildman–Crippen MR) is 153 cm³/mol. The van der Waals surface area contributed by atoms with E-state index < -0.39 is 17.8 Å². The highest BCUT2D eigenvalue weighted by atomic mass is 19.4. The van der Waals surface area contributed by atoms with Gasteiger partial charge in [-0.05, 0) is 54.3 Å². The van der Waals surface area contributed by atoms with Crippen molar-refractivity contribution in [2.45, 2.75) is 32.5 Å². The number of benzene rings is 3. The fraction of sp³-hybridized carbons (Fsp3) is 0.290. The molecule has 0 saturated carbocycles. The summed E-state index contributed by atoms with van der Waals surface area (Å²) in [5, 5.41) is 3.86. The summed E-state index contributed by atoms with van der Waals surface area (Å²) in [6, 6.07) is 19.2. The summed E-state index contributed by atoms with van der Waals surface area (Å²) in [6.07, 6.45) is -1.40. The van der Waals surface area contributed by atoms with Crippen LogP contribution in [0.5, 0.6) is 5.75 Å². The van der Waals surface area contributed by atoms with E-state index in [9.17, 15) is 22.8 Å². The van der Waals surface area contributed by atoms with Crippen molar-refractivity contribution < 1.29 is 27.5 Å². The lowest BCUT2D eigenvalue weighted by Gasteiger charge is -2.28. The molecule has 0 aliphatic rings. The Morgan fingerprint density at radius 3 is 2.34 bits per heavy atom. The lowest BCUT2D eigenvalue weighted by molar-refractivity contribution is -0.137. The van der Waals surface area contributed by atoms with Gasteiger partial charge in [0.05, 0.1) is 18.4 Å². The number of amides is 3. The Morgan fingerprint density at radius 2 is 1.63 bits per heavy atom. The van der Waals surface area contributed by atoms with Crippen molar-refractivity contribution >= 4 is 28.5 Å². The Bertz CT molecular complexity index is 1470. The van der Waals surface area contributed by atoms with Crippen molar-refractivity contribution in [3.05, 3.63) is 95.7 Å². The molecule has 0 aliphatic carbocycles. The molecule has 0 unspecified atom stereocenters. The Kier molecular flexibility index (Phi) is 9.54. The number of anilines is 1. The van der Waals surface area contributed by atoms with Crippen LogP contribution in [0.25, 0.3) is 10.9 Å². The molecule has 216 valence electrons. The van der Waals surface area contributed by atoms with Crippen molar-refractivity contribution in [3.8, 4) is 5.75 Å². The van der Waals surface area contributed by atoms with E-state index in [1.807, 2.05) is 37.4 Å². The van der Waals surface area contributed by atoms with Crippen LogP contribution in [0.1, 0.15) is 30.0 Å². The number of aromatic nitrogens is 1. The molecule has 2 N–H and O–H groups in total. The van der Waals surface area contributed by atoms with Gasteiger partial charge in [0.1, 0.15) is 12.3 Å². The largest absolute Gasteiger partial charge is 0.495 e. The minimum absolute atomic E-state index is 0.105. The molecule has 0 spiro atoms. The van der Waals surface area contributed by atoms with Gasteiger partial charge in [0, 0.05) is 36.7 Å². The van der Waals surface area contributed by atoms with Gasteiger partial charge in [-0.2, -0.15) is 13.2 Å². The number of methoxy groups -OCH3 is 1. The van der Waals surface area contributed by atoms with E-state index in [2.05, 4.69) is 10.3 Å². The summed E-state index contributed by atoms with van der Waals surface area (Å²) in [4.78, 5) is 33.1. The second-order valence-corrected chi connectivity index (χ2v) is 9.67. The molecule has 4 rings (SSSR count). The SMILES string of the molecule is CCCN(CC(=O)N(CCc1c[nH]c2ccccc12)Cc1ccc(C(F)(F)F)cc1)C(=O)Nc1ccccc1OC. The number of hydrogen-bond donors (Lipinski definition) is 2. The van der Waals surface area contributed by atoms with E-state index in [0.717, 1.165) is 28.6 Å². The van der Waals surface area contributed by atoms with Crippen molar-refractivity contribution in [2.75, 3.05) is 32.1 Å². The molecule has 7 nitrogen and oxygen atoms in total. The maximum atomic E-state index is 13.7. The molecular weight excluding hydrogens is 533 g/mol. The number of para-hydroxylation sites is 3. The van der Waals surface area contributed by atoms with Gasteiger partial charge in [-0.1, -0.05) is 49.4 Å². The molecule has 0 aliphatic heterocycles. The first-order valence-corrected chi connectivity index (χ1v) is 13.4. The molecule has 0 saturated heterocycles. The third-order valence-electron chi connectivity index (χ3n) is 6.79. The Morgan fingerprint density at radius 1 is 0.927 bits per heavy atom. The third kappa shape index (κ3) is 7.59. The number of urea groups is 1. The number of aromatic amines is 1. The van der Waals surface area contributed by atoms with Crippen LogP contribution in [0.2, 0.25) is 0 Å². The molecule has 41 heavy (non-hydrogen) atoms. The predicted octanol–water partition coefficient (Wildman–Crippen LogP) is 6.71. The number of ether oxygens (including phenoxy) is 1. The van der Waals surface area contributed by atoms with Gasteiger partial charge in [0.15, 0.2) is 0 Å². The first-order valence-electron chi connectivity index (χ1n) is 13.4. The normalized spacial score (nSPS) is 11.3. The topological polar surface area (TPSA) is 77.7 Å². The van der Waals surface area contributed by atoms with Crippen LogP contribution >= 0.6 is 0 Å². The second kappa shape index (κ2) is 13.3. The molecule has 0 atom stereocenters. The highest BCUT2D eigenvalue weighted by Gasteiger charge is 2.30. The van der Waals surface area contributed by atoms with Crippen LogP contribution in [0.4, 0.5) is 23.7 Å². The maximum Gasteiger partial charge on any atom is 0.416 e. The Hall–Kier alpha value is -4.47. The van der Waals surface area contributed by atoms with E-state index in [1.54, 1.807) is 29.2 Å². The van der Waals surface area contributed by atoms with Crippen LogP contribution in [0.3, 0.4) is 0 Å². The summed E-state index contributed by atoms with van der Waals surface area (Å²) in [5.74, 6) is 0.180. The molecule has 3 amide bonds. The summed E-state index contributed by atoms with van der Waals surface area (Å²) in [5.41, 5.74) is 2.29. The Labute approximate surface area is 236 Å². The Balaban J connectivity index is 1.53. The molecular formula is C31H33F3N4O3. The van der Waals surface area contributed by atoms with E-state index in [4.69, 9.17) is 4.74 Å². The lowest BCUT2D eigenvalue weighted by atomic mass is 10.1. The van der Waals surface area contributed by atoms with Crippen molar-refractivity contribution in [1.29, 1.82) is 0 Å². The number of nitrogens with one attached hydrogen (secondary N) is 2. The quantitative estimate of drug-likeness (QED) is 0.212. The van der Waals surface area contributed by atoms with E-state index in [-0.39, 0.29) is 19.0 Å². The van der Waals surface area contributed by atoms with E-state index in [0.29, 0.717) is 42.9 Å². The zero-order chi connectivity index (χ0) is 29.4. The first-order chi connectivity index (χ1) is 19.7. The fourth-order valence-electron chi connectivity index (χ4n) is 4.63. The maximum absolute atomic E-state index is 13.7. The standard InChI is InChI=1S/C31H33F3N4O3/c1-3-17-38(30(40)36-27-10-6-7-11-28(27)41-2)21-29(39)37(20-22-12-14-24(15-13-22)31(32,33)34)18-16-23-19-35-26-9-5-4-8-25(23)26/h4-15,19,35H,3,16-18,20-21H2,1-2H3,(H,36,40). The summed E-state index contributed by atoms with van der Waals surface area (Å²) < 4.78 is 44.6. The van der Waals surface area contributed by atoms with Crippen molar-refractivity contribution in [3.63, 3.8) is 0 Å². The smallest absolute Gasteiger partial charge is 0.416 e. The highest BCUT2D eigenvalue weighted by molar-refractivity contribution is 5.93. The number of rotatable bonds is 11. The summed E-state index contributed by atoms with van der Waals surface area (Å²) in [6.45, 7) is 2.47. The zero-order valence-corrected chi connectivity index (χ0v) is 23.0. The van der Waals surface area contributed by atoms with E-state index >= 15 is 0 Å². The monoisotopic (exact) mass is 566 g/mol. The van der Waals surface area contributed by atoms with Crippen LogP contribution in [0, 0.1) is 0 Å². The van der Waals surface area contributed by atoms with Gasteiger partial charge in [-0.25, -0.2) is 4.79 Å². The van der Waals surface area contributed by atoms with Crippen molar-refractivity contribution in [2.24, 2.45) is 0 Å². The number of halogens is 3. The van der Waals surface area contributed by atoms with Gasteiger partial charge >= 0.3 is 12.2 Å². The number of alkyl halides is 3. The molecule has 1 heterocycles. The molecule has 1 aromatic heterocycles. The number of H-pyrrole nitrogens is 1. The van der Waals surface area contributed by atoms with Gasteiger partial charge in [-0.15, -0.1) is 0 Å². The van der Waals surface area contributed by atoms with Gasteiger partial charge < -0.3 is 24.8 Å². The van der Waals surface area contributed by atoms with Crippen LogP contribution in [0.15, 0.2) is 79.0 Å². The third-order valence-corrected chi connectivity index (χ3v) is 6.79. The van der Waals surface area contributed by atoms with Gasteiger partial charge in [-0.3, -0.25) is 4.79 Å². The van der Waals surface area contributed by atoms with Crippen molar-refractivity contribution in [1.82, 2.24) is 14.8 Å². The average molecular weight is 567 g/mol. The number of nitrogens with zero attached hydrogens (tertiary/aromatic N) is 2. The molecule has 0 fully saturated rings. The molecule has 3 aromatic carbocycles.